The lowest BCUT2D eigenvalue weighted by molar-refractivity contribution is -0.196. The summed E-state index contributed by atoms with van der Waals surface area (Å²) in [5.41, 5.74) is 13.4. The maximum absolute atomic E-state index is 12.0. The van der Waals surface area contributed by atoms with Gasteiger partial charge in [-0.3, -0.25) is 4.57 Å². The zero-order valence-electron chi connectivity index (χ0n) is 12.1. The second kappa shape index (κ2) is 5.25. The molecule has 3 heterocycles. The average Bonchev–Trinajstić information content (AvgIpc) is 2.91. The third-order valence-corrected chi connectivity index (χ3v) is 3.58. The monoisotopic (exact) mass is 308 g/mol. The van der Waals surface area contributed by atoms with Crippen molar-refractivity contribution in [2.45, 2.75) is 44.2 Å². The van der Waals surface area contributed by atoms with E-state index in [0.717, 1.165) is 0 Å². The van der Waals surface area contributed by atoms with Crippen molar-refractivity contribution in [3.8, 4) is 0 Å². The summed E-state index contributed by atoms with van der Waals surface area (Å²) in [6.07, 6.45) is -0.660. The summed E-state index contributed by atoms with van der Waals surface area (Å²) >= 11 is 0. The number of aromatic nitrogens is 2. The number of nitrogen functional groups attached to an aromatic ring is 1. The molecule has 10 heteroatoms. The summed E-state index contributed by atoms with van der Waals surface area (Å²) < 4.78 is 18.7. The zero-order valence-corrected chi connectivity index (χ0v) is 12.1. The van der Waals surface area contributed by atoms with Gasteiger partial charge in [0.15, 0.2) is 12.0 Å². The van der Waals surface area contributed by atoms with Crippen LogP contribution in [0.2, 0.25) is 0 Å². The highest BCUT2D eigenvalue weighted by atomic mass is 16.8. The highest BCUT2D eigenvalue weighted by Gasteiger charge is 2.55. The number of hydrogen-bond acceptors (Lipinski definition) is 7. The van der Waals surface area contributed by atoms with E-state index in [4.69, 9.17) is 25.5 Å². The lowest BCUT2D eigenvalue weighted by Crippen LogP contribution is -2.35. The molecule has 0 radical (unpaired) electrons. The zero-order chi connectivity index (χ0) is 15.9. The highest BCUT2D eigenvalue weighted by Crippen LogP contribution is 2.42. The van der Waals surface area contributed by atoms with Gasteiger partial charge in [-0.25, -0.2) is 4.79 Å². The molecule has 3 rings (SSSR count). The van der Waals surface area contributed by atoms with E-state index in [0.29, 0.717) is 0 Å². The van der Waals surface area contributed by atoms with Gasteiger partial charge >= 0.3 is 5.69 Å². The van der Waals surface area contributed by atoms with Crippen molar-refractivity contribution in [1.29, 1.82) is 0 Å². The molecular weight excluding hydrogens is 292 g/mol. The van der Waals surface area contributed by atoms with Crippen molar-refractivity contribution >= 4 is 5.82 Å². The molecule has 0 saturated carbocycles. The van der Waals surface area contributed by atoms with Crippen LogP contribution in [0, 0.1) is 0 Å². The molecule has 2 aliphatic rings. The minimum Gasteiger partial charge on any atom is -0.383 e. The first-order chi connectivity index (χ1) is 10.4. The Morgan fingerprint density at radius 3 is 2.91 bits per heavy atom. The van der Waals surface area contributed by atoms with Gasteiger partial charge in [-0.15, -0.1) is 0 Å². The van der Waals surface area contributed by atoms with E-state index in [9.17, 15) is 4.79 Å². The molecule has 0 aromatic carbocycles. The first-order valence-corrected chi connectivity index (χ1v) is 6.78. The van der Waals surface area contributed by atoms with Crippen LogP contribution in [0.25, 0.3) is 10.4 Å². The molecular formula is C12H16N6O4. The summed E-state index contributed by atoms with van der Waals surface area (Å²) in [6, 6.07) is 1.50. The van der Waals surface area contributed by atoms with Crippen LogP contribution in [0.1, 0.15) is 20.1 Å². The molecule has 0 amide bonds. The van der Waals surface area contributed by atoms with E-state index < -0.39 is 36.0 Å². The van der Waals surface area contributed by atoms with Gasteiger partial charge in [-0.2, -0.15) is 4.98 Å². The normalized spacial score (nSPS) is 32.5. The molecule has 118 valence electrons. The van der Waals surface area contributed by atoms with Crippen molar-refractivity contribution in [3.05, 3.63) is 33.2 Å². The number of fused-ring (bicyclic) bond motifs is 1. The van der Waals surface area contributed by atoms with Crippen molar-refractivity contribution < 1.29 is 14.2 Å². The van der Waals surface area contributed by atoms with E-state index >= 15 is 0 Å². The lowest BCUT2D eigenvalue weighted by Gasteiger charge is -2.24. The molecule has 10 nitrogen and oxygen atoms in total. The van der Waals surface area contributed by atoms with Crippen molar-refractivity contribution in [2.75, 3.05) is 12.3 Å². The second-order valence-electron chi connectivity index (χ2n) is 5.59. The van der Waals surface area contributed by atoms with Crippen molar-refractivity contribution in [1.82, 2.24) is 9.55 Å². The van der Waals surface area contributed by atoms with Gasteiger partial charge in [-0.1, -0.05) is 5.11 Å². The highest BCUT2D eigenvalue weighted by molar-refractivity contribution is 5.23. The summed E-state index contributed by atoms with van der Waals surface area (Å²) in [5.74, 6) is -0.679. The van der Waals surface area contributed by atoms with Crippen LogP contribution < -0.4 is 11.4 Å². The Hall–Kier alpha value is -2.13. The van der Waals surface area contributed by atoms with E-state index in [1.807, 2.05) is 0 Å². The second-order valence-corrected chi connectivity index (χ2v) is 5.59. The standard InChI is InChI=1S/C12H16N6O4/c1-12(2)21-8-6(5-15-17-14)20-10(9(8)22-12)18-4-3-7(13)16-11(18)19/h3-4,6,8-10H,5H2,1-2H3,(H2,13,16,19)/t6-,8+,9+,10-/m1/s1. The van der Waals surface area contributed by atoms with Crippen LogP contribution in [-0.4, -0.2) is 40.2 Å². The van der Waals surface area contributed by atoms with Crippen LogP contribution in [0.15, 0.2) is 22.2 Å². The Morgan fingerprint density at radius 2 is 2.23 bits per heavy atom. The molecule has 0 bridgehead atoms. The van der Waals surface area contributed by atoms with Crippen LogP contribution >= 0.6 is 0 Å². The minimum atomic E-state index is -0.809. The lowest BCUT2D eigenvalue weighted by atomic mass is 10.1. The molecule has 0 unspecified atom stereocenters. The van der Waals surface area contributed by atoms with E-state index in [-0.39, 0.29) is 12.4 Å². The fraction of sp³-hybridized carbons (Fsp3) is 0.667. The molecule has 1 aromatic rings. The number of nitrogens with zero attached hydrogens (tertiary/aromatic N) is 5. The SMILES string of the molecule is CC1(C)O[C@@H]2[C@H](O1)[C@H](n1ccc(N)nc1=O)O[C@@H]2CN=[N+]=[N-]. The first-order valence-electron chi connectivity index (χ1n) is 6.78. The number of hydrogen-bond donors (Lipinski definition) is 1. The van der Waals surface area contributed by atoms with Crippen LogP contribution in [0.4, 0.5) is 5.82 Å². The van der Waals surface area contributed by atoms with Gasteiger partial charge in [0.2, 0.25) is 0 Å². The molecule has 2 aliphatic heterocycles. The molecule has 1 aromatic heterocycles. The number of rotatable bonds is 3. The summed E-state index contributed by atoms with van der Waals surface area (Å²) in [7, 11) is 0. The van der Waals surface area contributed by atoms with E-state index in [1.165, 1.54) is 16.8 Å². The third kappa shape index (κ3) is 2.53. The number of azide groups is 1. The molecule has 2 N–H and O–H groups in total. The molecule has 0 spiro atoms. The van der Waals surface area contributed by atoms with Gasteiger partial charge in [-0.05, 0) is 25.4 Å². The maximum atomic E-state index is 12.0. The Kier molecular flexibility index (Phi) is 3.53. The van der Waals surface area contributed by atoms with Crippen LogP contribution in [0.3, 0.4) is 0 Å². The van der Waals surface area contributed by atoms with Gasteiger partial charge in [0.05, 0.1) is 12.6 Å². The fourth-order valence-electron chi connectivity index (χ4n) is 2.77. The average molecular weight is 308 g/mol. The van der Waals surface area contributed by atoms with Crippen molar-refractivity contribution in [3.63, 3.8) is 0 Å². The molecule has 2 fully saturated rings. The number of anilines is 1. The fourth-order valence-corrected chi connectivity index (χ4v) is 2.77. The van der Waals surface area contributed by atoms with E-state index in [2.05, 4.69) is 15.0 Å². The number of ether oxygens (including phenoxy) is 3. The summed E-state index contributed by atoms with van der Waals surface area (Å²) in [6.45, 7) is 3.64. The largest absolute Gasteiger partial charge is 0.383 e. The number of nitrogens with two attached hydrogens (primary N) is 1. The topological polar surface area (TPSA) is 137 Å². The summed E-state index contributed by atoms with van der Waals surface area (Å²) in [5, 5.41) is 3.52. The predicted octanol–water partition coefficient (Wildman–Crippen LogP) is 0.553. The van der Waals surface area contributed by atoms with Crippen molar-refractivity contribution in [2.24, 2.45) is 5.11 Å². The van der Waals surface area contributed by atoms with E-state index in [1.54, 1.807) is 13.8 Å². The molecule has 4 atom stereocenters. The third-order valence-electron chi connectivity index (χ3n) is 3.58. The van der Waals surface area contributed by atoms with Crippen LogP contribution in [0.5, 0.6) is 0 Å². The Balaban J connectivity index is 1.94. The van der Waals surface area contributed by atoms with Gasteiger partial charge in [0.25, 0.3) is 0 Å². The van der Waals surface area contributed by atoms with Gasteiger partial charge in [0.1, 0.15) is 18.0 Å². The van der Waals surface area contributed by atoms with Gasteiger partial charge in [0, 0.05) is 11.1 Å². The summed E-state index contributed by atoms with van der Waals surface area (Å²) in [4.78, 5) is 18.4. The van der Waals surface area contributed by atoms with Crippen LogP contribution in [-0.2, 0) is 14.2 Å². The quantitative estimate of drug-likeness (QED) is 0.491. The molecule has 22 heavy (non-hydrogen) atoms. The minimum absolute atomic E-state index is 0.0881. The Labute approximate surface area is 125 Å². The first kappa shape index (κ1) is 14.8. The predicted molar refractivity (Wildman–Crippen MR) is 74.7 cm³/mol. The molecule has 0 aliphatic carbocycles. The smallest absolute Gasteiger partial charge is 0.351 e. The Bertz CT molecular complexity index is 682. The Morgan fingerprint density at radius 1 is 1.50 bits per heavy atom. The maximum Gasteiger partial charge on any atom is 0.351 e. The molecule has 2 saturated heterocycles. The van der Waals surface area contributed by atoms with Gasteiger partial charge < -0.3 is 19.9 Å².